The molecule has 2 rings (SSSR count). The van der Waals surface area contributed by atoms with Crippen molar-refractivity contribution in [1.29, 1.82) is 0 Å². The number of aromatic nitrogens is 3. The highest BCUT2D eigenvalue weighted by Gasteiger charge is 2.14. The first-order valence-corrected chi connectivity index (χ1v) is 5.76. The second-order valence-electron chi connectivity index (χ2n) is 4.11. The highest BCUT2D eigenvalue weighted by molar-refractivity contribution is 4.90. The summed E-state index contributed by atoms with van der Waals surface area (Å²) < 4.78 is 7.13. The first kappa shape index (κ1) is 11.5. The predicted octanol–water partition coefficient (Wildman–Crippen LogP) is -0.637. The Balaban J connectivity index is 1.60. The van der Waals surface area contributed by atoms with Crippen LogP contribution in [0.5, 0.6) is 0 Å². The van der Waals surface area contributed by atoms with Crippen molar-refractivity contribution in [3.8, 4) is 0 Å². The van der Waals surface area contributed by atoms with E-state index in [0.29, 0.717) is 12.5 Å². The van der Waals surface area contributed by atoms with E-state index in [1.54, 1.807) is 0 Å². The minimum absolute atomic E-state index is 0.451. The quantitative estimate of drug-likeness (QED) is 0.630. The second kappa shape index (κ2) is 5.93. The van der Waals surface area contributed by atoms with Crippen molar-refractivity contribution >= 4 is 0 Å². The standard InChI is InChI=1S/C10H19N5O/c11-5-10-7-15(14-13-10)3-2-12-6-9-1-4-16-8-9/h7,9,12H,1-6,8,11H2. The third-order valence-corrected chi connectivity index (χ3v) is 2.77. The van der Waals surface area contributed by atoms with Gasteiger partial charge in [0, 0.05) is 32.4 Å². The highest BCUT2D eigenvalue weighted by atomic mass is 16.5. The van der Waals surface area contributed by atoms with E-state index in [9.17, 15) is 0 Å². The zero-order chi connectivity index (χ0) is 11.2. The van der Waals surface area contributed by atoms with Gasteiger partial charge in [-0.3, -0.25) is 4.68 Å². The molecule has 6 heteroatoms. The van der Waals surface area contributed by atoms with Crippen molar-refractivity contribution in [2.24, 2.45) is 11.7 Å². The van der Waals surface area contributed by atoms with Gasteiger partial charge in [0.1, 0.15) is 0 Å². The van der Waals surface area contributed by atoms with E-state index in [4.69, 9.17) is 10.5 Å². The summed E-state index contributed by atoms with van der Waals surface area (Å²) in [5, 5.41) is 11.3. The SMILES string of the molecule is NCc1cn(CCNCC2CCOC2)nn1. The van der Waals surface area contributed by atoms with Crippen LogP contribution in [0.4, 0.5) is 0 Å². The van der Waals surface area contributed by atoms with E-state index < -0.39 is 0 Å². The molecule has 0 bridgehead atoms. The van der Waals surface area contributed by atoms with Crippen molar-refractivity contribution < 1.29 is 4.74 Å². The minimum atomic E-state index is 0.451. The van der Waals surface area contributed by atoms with Crippen molar-refractivity contribution in [2.45, 2.75) is 19.5 Å². The molecule has 90 valence electrons. The van der Waals surface area contributed by atoms with Crippen molar-refractivity contribution in [3.05, 3.63) is 11.9 Å². The lowest BCUT2D eigenvalue weighted by atomic mass is 10.1. The Bertz CT molecular complexity index is 308. The van der Waals surface area contributed by atoms with E-state index in [0.717, 1.165) is 38.5 Å². The van der Waals surface area contributed by atoms with Crippen LogP contribution in [0.1, 0.15) is 12.1 Å². The molecule has 0 spiro atoms. The van der Waals surface area contributed by atoms with Gasteiger partial charge in [-0.15, -0.1) is 5.10 Å². The Morgan fingerprint density at radius 2 is 2.56 bits per heavy atom. The normalized spacial score (nSPS) is 20.4. The van der Waals surface area contributed by atoms with Gasteiger partial charge in [-0.2, -0.15) is 0 Å². The Hall–Kier alpha value is -0.980. The first-order chi connectivity index (χ1) is 7.88. The number of rotatable bonds is 6. The molecule has 0 aliphatic carbocycles. The highest BCUT2D eigenvalue weighted by Crippen LogP contribution is 2.10. The molecule has 1 atom stereocenters. The Morgan fingerprint density at radius 3 is 3.25 bits per heavy atom. The van der Waals surface area contributed by atoms with Crippen LogP contribution in [0.25, 0.3) is 0 Å². The van der Waals surface area contributed by atoms with Crippen LogP contribution in [0.3, 0.4) is 0 Å². The summed E-state index contributed by atoms with van der Waals surface area (Å²) >= 11 is 0. The zero-order valence-electron chi connectivity index (χ0n) is 9.43. The molecule has 1 aromatic heterocycles. The monoisotopic (exact) mass is 225 g/mol. The number of ether oxygens (including phenoxy) is 1. The molecule has 1 aliphatic heterocycles. The van der Waals surface area contributed by atoms with Crippen LogP contribution in [-0.4, -0.2) is 41.3 Å². The number of hydrogen-bond acceptors (Lipinski definition) is 5. The molecule has 0 radical (unpaired) electrons. The lowest BCUT2D eigenvalue weighted by Gasteiger charge is -2.08. The largest absolute Gasteiger partial charge is 0.381 e. The number of nitrogens with zero attached hydrogens (tertiary/aromatic N) is 3. The van der Waals surface area contributed by atoms with E-state index >= 15 is 0 Å². The Kier molecular flexibility index (Phi) is 4.26. The van der Waals surface area contributed by atoms with E-state index in [2.05, 4.69) is 15.6 Å². The van der Waals surface area contributed by atoms with Crippen LogP contribution >= 0.6 is 0 Å². The molecule has 2 heterocycles. The van der Waals surface area contributed by atoms with Crippen molar-refractivity contribution in [3.63, 3.8) is 0 Å². The average Bonchev–Trinajstić information content (AvgIpc) is 2.95. The van der Waals surface area contributed by atoms with Gasteiger partial charge in [-0.05, 0) is 12.3 Å². The van der Waals surface area contributed by atoms with Gasteiger partial charge in [0.15, 0.2) is 0 Å². The van der Waals surface area contributed by atoms with Crippen LogP contribution in [-0.2, 0) is 17.8 Å². The number of nitrogens with one attached hydrogen (secondary N) is 1. The van der Waals surface area contributed by atoms with Gasteiger partial charge in [0.05, 0.1) is 18.8 Å². The van der Waals surface area contributed by atoms with E-state index in [-0.39, 0.29) is 0 Å². The molecule has 3 N–H and O–H groups in total. The number of hydrogen-bond donors (Lipinski definition) is 2. The average molecular weight is 225 g/mol. The topological polar surface area (TPSA) is 78.0 Å². The number of nitrogens with two attached hydrogens (primary N) is 1. The van der Waals surface area contributed by atoms with Crippen LogP contribution in [0, 0.1) is 5.92 Å². The summed E-state index contributed by atoms with van der Waals surface area (Å²) in [5.74, 6) is 0.676. The first-order valence-electron chi connectivity index (χ1n) is 5.76. The second-order valence-corrected chi connectivity index (χ2v) is 4.11. The lowest BCUT2D eigenvalue weighted by Crippen LogP contribution is -2.26. The third-order valence-electron chi connectivity index (χ3n) is 2.77. The molecule has 1 aliphatic rings. The molecule has 1 unspecified atom stereocenters. The van der Waals surface area contributed by atoms with Crippen LogP contribution in [0.15, 0.2) is 6.20 Å². The summed E-state index contributed by atoms with van der Waals surface area (Å²) in [5.41, 5.74) is 6.29. The van der Waals surface area contributed by atoms with Gasteiger partial charge in [0.2, 0.25) is 0 Å². The Labute approximate surface area is 95.1 Å². The van der Waals surface area contributed by atoms with Gasteiger partial charge in [0.25, 0.3) is 0 Å². The maximum absolute atomic E-state index is 5.46. The fraction of sp³-hybridized carbons (Fsp3) is 0.800. The van der Waals surface area contributed by atoms with Crippen molar-refractivity contribution in [2.75, 3.05) is 26.3 Å². The zero-order valence-corrected chi connectivity index (χ0v) is 9.43. The molecule has 0 saturated carbocycles. The lowest BCUT2D eigenvalue weighted by molar-refractivity contribution is 0.185. The maximum Gasteiger partial charge on any atom is 0.0962 e. The minimum Gasteiger partial charge on any atom is -0.381 e. The summed E-state index contributed by atoms with van der Waals surface area (Å²) in [6.07, 6.45) is 3.06. The smallest absolute Gasteiger partial charge is 0.0962 e. The third kappa shape index (κ3) is 3.26. The molecule has 16 heavy (non-hydrogen) atoms. The molecule has 6 nitrogen and oxygen atoms in total. The fourth-order valence-corrected chi connectivity index (χ4v) is 1.79. The van der Waals surface area contributed by atoms with Crippen molar-refractivity contribution in [1.82, 2.24) is 20.3 Å². The van der Waals surface area contributed by atoms with Gasteiger partial charge in [-0.25, -0.2) is 0 Å². The molecular weight excluding hydrogens is 206 g/mol. The van der Waals surface area contributed by atoms with E-state index in [1.807, 2.05) is 10.9 Å². The van der Waals surface area contributed by atoms with Crippen LogP contribution in [0.2, 0.25) is 0 Å². The molecule has 1 fully saturated rings. The maximum atomic E-state index is 5.46. The summed E-state index contributed by atoms with van der Waals surface area (Å²) in [6.45, 7) is 5.03. The summed E-state index contributed by atoms with van der Waals surface area (Å²) in [7, 11) is 0. The molecular formula is C10H19N5O. The van der Waals surface area contributed by atoms with Gasteiger partial charge >= 0.3 is 0 Å². The van der Waals surface area contributed by atoms with Gasteiger partial charge < -0.3 is 15.8 Å². The Morgan fingerprint density at radius 1 is 1.62 bits per heavy atom. The summed E-state index contributed by atoms with van der Waals surface area (Å²) in [4.78, 5) is 0. The molecule has 0 amide bonds. The molecule has 1 aromatic rings. The van der Waals surface area contributed by atoms with E-state index in [1.165, 1.54) is 6.42 Å². The molecule has 1 saturated heterocycles. The molecule has 0 aromatic carbocycles. The van der Waals surface area contributed by atoms with Gasteiger partial charge in [-0.1, -0.05) is 5.21 Å². The predicted molar refractivity (Wildman–Crippen MR) is 59.7 cm³/mol. The van der Waals surface area contributed by atoms with Crippen LogP contribution < -0.4 is 11.1 Å². The summed E-state index contributed by atoms with van der Waals surface area (Å²) in [6, 6.07) is 0. The fourth-order valence-electron chi connectivity index (χ4n) is 1.79.